The van der Waals surface area contributed by atoms with Crippen molar-refractivity contribution < 1.29 is 19.8 Å². The number of rotatable bonds is 4. The van der Waals surface area contributed by atoms with Crippen molar-refractivity contribution in [2.75, 3.05) is 0 Å². The number of carbonyl (C=O) groups is 2. The maximum absolute atomic E-state index is 12.4. The summed E-state index contributed by atoms with van der Waals surface area (Å²) < 4.78 is 0. The van der Waals surface area contributed by atoms with E-state index < -0.39 is 23.5 Å². The van der Waals surface area contributed by atoms with Crippen molar-refractivity contribution in [3.05, 3.63) is 71.3 Å². The van der Waals surface area contributed by atoms with Crippen LogP contribution in [0.2, 0.25) is 0 Å². The average molecular weight is 377 g/mol. The van der Waals surface area contributed by atoms with Crippen molar-refractivity contribution in [1.82, 2.24) is 5.32 Å². The molecule has 1 fully saturated rings. The summed E-state index contributed by atoms with van der Waals surface area (Å²) in [5, 5.41) is 22.4. The lowest BCUT2D eigenvalue weighted by atomic mass is 9.85. The number of benzene rings is 2. The smallest absolute Gasteiger partial charge is 0.330 e. The minimum absolute atomic E-state index is 0.351. The van der Waals surface area contributed by atoms with Crippen molar-refractivity contribution >= 4 is 11.9 Å². The lowest BCUT2D eigenvalue weighted by Gasteiger charge is -2.26. The third kappa shape index (κ3) is 4.99. The quantitative estimate of drug-likeness (QED) is 0.714. The van der Waals surface area contributed by atoms with Crippen LogP contribution in [0, 0.1) is 11.8 Å². The molecule has 144 valence electrons. The number of aliphatic hydroxyl groups is 1. The van der Waals surface area contributed by atoms with Crippen LogP contribution in [0.3, 0.4) is 0 Å². The summed E-state index contributed by atoms with van der Waals surface area (Å²) in [5.74, 6) is 4.35. The highest BCUT2D eigenvalue weighted by Crippen LogP contribution is 2.27. The van der Waals surface area contributed by atoms with Gasteiger partial charge < -0.3 is 15.5 Å². The molecule has 2 aromatic carbocycles. The highest BCUT2D eigenvalue weighted by molar-refractivity contribution is 5.96. The standard InChI is InChI=1S/C23H23NO4/c25-21(24-20(22(26)27)18-7-3-1-4-8-18)19-11-9-17(10-12-19)13-16-23(28)14-5-2-6-15-23/h1,3-4,7-12,20,28H,2,5-6,14-15H2,(H,24,25)(H,26,27). The molecule has 3 rings (SSSR count). The van der Waals surface area contributed by atoms with Gasteiger partial charge in [0.2, 0.25) is 0 Å². The molecule has 1 amide bonds. The Morgan fingerprint density at radius 2 is 1.61 bits per heavy atom. The monoisotopic (exact) mass is 377 g/mol. The lowest BCUT2D eigenvalue weighted by molar-refractivity contribution is -0.139. The molecule has 0 heterocycles. The van der Waals surface area contributed by atoms with E-state index >= 15 is 0 Å². The summed E-state index contributed by atoms with van der Waals surface area (Å²) >= 11 is 0. The zero-order valence-corrected chi connectivity index (χ0v) is 15.5. The zero-order chi connectivity index (χ0) is 20.0. The number of nitrogens with one attached hydrogen (secondary N) is 1. The Morgan fingerprint density at radius 1 is 0.964 bits per heavy atom. The molecule has 0 radical (unpaired) electrons. The number of carbonyl (C=O) groups excluding carboxylic acids is 1. The van der Waals surface area contributed by atoms with Crippen molar-refractivity contribution in [1.29, 1.82) is 0 Å². The number of hydrogen-bond donors (Lipinski definition) is 3. The number of carboxylic acid groups (broad SMARTS) is 1. The van der Waals surface area contributed by atoms with Crippen LogP contribution in [0.1, 0.15) is 59.6 Å². The van der Waals surface area contributed by atoms with Crippen LogP contribution in [-0.4, -0.2) is 27.7 Å². The first kappa shape index (κ1) is 19.7. The van der Waals surface area contributed by atoms with Crippen LogP contribution in [0.25, 0.3) is 0 Å². The van der Waals surface area contributed by atoms with Gasteiger partial charge in [-0.3, -0.25) is 4.79 Å². The first-order chi connectivity index (χ1) is 13.5. The third-order valence-electron chi connectivity index (χ3n) is 4.92. The van der Waals surface area contributed by atoms with Crippen LogP contribution in [0.5, 0.6) is 0 Å². The molecule has 0 aromatic heterocycles. The first-order valence-electron chi connectivity index (χ1n) is 9.41. The molecule has 0 bridgehead atoms. The fourth-order valence-corrected chi connectivity index (χ4v) is 3.30. The minimum Gasteiger partial charge on any atom is -0.479 e. The van der Waals surface area contributed by atoms with Crippen LogP contribution in [0.4, 0.5) is 0 Å². The van der Waals surface area contributed by atoms with Gasteiger partial charge >= 0.3 is 5.97 Å². The van der Waals surface area contributed by atoms with E-state index in [-0.39, 0.29) is 0 Å². The fraction of sp³-hybridized carbons (Fsp3) is 0.304. The normalized spacial score (nSPS) is 16.3. The van der Waals surface area contributed by atoms with E-state index in [1.807, 2.05) is 0 Å². The molecule has 5 nitrogen and oxygen atoms in total. The molecule has 1 saturated carbocycles. The second-order valence-corrected chi connectivity index (χ2v) is 7.07. The van der Waals surface area contributed by atoms with E-state index in [4.69, 9.17) is 0 Å². The molecule has 1 unspecified atom stereocenters. The molecule has 0 aliphatic heterocycles. The first-order valence-corrected chi connectivity index (χ1v) is 9.41. The Labute approximate surface area is 164 Å². The maximum atomic E-state index is 12.4. The second-order valence-electron chi connectivity index (χ2n) is 7.07. The second kappa shape index (κ2) is 8.73. The third-order valence-corrected chi connectivity index (χ3v) is 4.92. The van der Waals surface area contributed by atoms with Crippen LogP contribution in [0.15, 0.2) is 54.6 Å². The Bertz CT molecular complexity index is 888. The molecule has 0 saturated heterocycles. The van der Waals surface area contributed by atoms with Gasteiger partial charge in [0.05, 0.1) is 0 Å². The number of aliphatic carboxylic acids is 1. The van der Waals surface area contributed by atoms with Gasteiger partial charge in [0, 0.05) is 11.1 Å². The lowest BCUT2D eigenvalue weighted by Crippen LogP contribution is -2.33. The van der Waals surface area contributed by atoms with Gasteiger partial charge in [0.25, 0.3) is 5.91 Å². The Morgan fingerprint density at radius 3 is 2.21 bits per heavy atom. The molecule has 1 atom stereocenters. The summed E-state index contributed by atoms with van der Waals surface area (Å²) in [6.07, 6.45) is 4.48. The van der Waals surface area contributed by atoms with Gasteiger partial charge in [-0.25, -0.2) is 4.79 Å². The van der Waals surface area contributed by atoms with Gasteiger partial charge in [-0.1, -0.05) is 48.6 Å². The van der Waals surface area contributed by atoms with Gasteiger partial charge in [-0.15, -0.1) is 0 Å². The Hall–Kier alpha value is -3.10. The zero-order valence-electron chi connectivity index (χ0n) is 15.5. The van der Waals surface area contributed by atoms with Gasteiger partial charge in [-0.05, 0) is 55.5 Å². The van der Waals surface area contributed by atoms with Crippen molar-refractivity contribution in [3.63, 3.8) is 0 Å². The molecule has 28 heavy (non-hydrogen) atoms. The van der Waals surface area contributed by atoms with Crippen molar-refractivity contribution in [2.24, 2.45) is 0 Å². The maximum Gasteiger partial charge on any atom is 0.330 e. The molecular weight excluding hydrogens is 354 g/mol. The minimum atomic E-state index is -1.12. The van der Waals surface area contributed by atoms with E-state index in [0.717, 1.165) is 19.3 Å². The van der Waals surface area contributed by atoms with E-state index in [1.165, 1.54) is 0 Å². The molecule has 1 aliphatic carbocycles. The predicted octanol–water partition coefficient (Wildman–Crippen LogP) is 3.29. The summed E-state index contributed by atoms with van der Waals surface area (Å²) in [5.41, 5.74) is 0.641. The molecule has 1 aliphatic rings. The molecule has 3 N–H and O–H groups in total. The van der Waals surface area contributed by atoms with Gasteiger partial charge in [0.15, 0.2) is 6.04 Å². The highest BCUT2D eigenvalue weighted by atomic mass is 16.4. The van der Waals surface area contributed by atoms with Gasteiger partial charge in [0.1, 0.15) is 5.60 Å². The summed E-state index contributed by atoms with van der Waals surface area (Å²) in [6.45, 7) is 0. The SMILES string of the molecule is O=C(NC(C(=O)O)c1ccccc1)c1ccc(C#CC2(O)CCCCC2)cc1. The molecule has 0 spiro atoms. The van der Waals surface area contributed by atoms with Crippen molar-refractivity contribution in [2.45, 2.75) is 43.7 Å². The van der Waals surface area contributed by atoms with Gasteiger partial charge in [-0.2, -0.15) is 0 Å². The Kier molecular flexibility index (Phi) is 6.13. The van der Waals surface area contributed by atoms with E-state index in [0.29, 0.717) is 29.5 Å². The van der Waals surface area contributed by atoms with Crippen LogP contribution < -0.4 is 5.32 Å². The summed E-state index contributed by atoms with van der Waals surface area (Å²) in [4.78, 5) is 24.0. The molecule has 5 heteroatoms. The van der Waals surface area contributed by atoms with Crippen LogP contribution >= 0.6 is 0 Å². The summed E-state index contributed by atoms with van der Waals surface area (Å²) in [7, 11) is 0. The summed E-state index contributed by atoms with van der Waals surface area (Å²) in [6, 6.07) is 14.1. The van der Waals surface area contributed by atoms with E-state index in [2.05, 4.69) is 17.2 Å². The average Bonchev–Trinajstić information content (AvgIpc) is 2.72. The van der Waals surface area contributed by atoms with E-state index in [1.54, 1.807) is 54.6 Å². The van der Waals surface area contributed by atoms with Crippen LogP contribution in [-0.2, 0) is 4.79 Å². The number of carboxylic acids is 1. The van der Waals surface area contributed by atoms with E-state index in [9.17, 15) is 19.8 Å². The topological polar surface area (TPSA) is 86.6 Å². The molecule has 2 aromatic rings. The fourth-order valence-electron chi connectivity index (χ4n) is 3.30. The van der Waals surface area contributed by atoms with Crippen molar-refractivity contribution in [3.8, 4) is 11.8 Å². The largest absolute Gasteiger partial charge is 0.479 e. The Balaban J connectivity index is 1.69. The predicted molar refractivity (Wildman–Crippen MR) is 106 cm³/mol. The number of amides is 1. The molecular formula is C23H23NO4. The number of hydrogen-bond acceptors (Lipinski definition) is 3. The highest BCUT2D eigenvalue weighted by Gasteiger charge is 2.26.